The molecule has 1 N–H and O–H groups in total. The van der Waals surface area contributed by atoms with E-state index >= 15 is 0 Å². The molecule has 0 aliphatic carbocycles. The Morgan fingerprint density at radius 1 is 1.29 bits per heavy atom. The van der Waals surface area contributed by atoms with Crippen LogP contribution in [-0.2, 0) is 0 Å². The Morgan fingerprint density at radius 3 is 2.62 bits per heavy atom. The number of nitrogens with one attached hydrogen (secondary N) is 1. The Balaban J connectivity index is 1.73. The van der Waals surface area contributed by atoms with Gasteiger partial charge in [0.2, 0.25) is 0 Å². The van der Waals surface area contributed by atoms with E-state index in [1.54, 1.807) is 0 Å². The zero-order valence-corrected chi connectivity index (χ0v) is 15.6. The molecule has 1 aromatic carbocycles. The summed E-state index contributed by atoms with van der Waals surface area (Å²) in [4.78, 5) is 14.9. The molecular formula is C15H16Br2N2OS. The Morgan fingerprint density at radius 2 is 2.00 bits per heavy atom. The second kappa shape index (κ2) is 7.96. The number of amides is 1. The highest BCUT2D eigenvalue weighted by molar-refractivity contribution is 9.13. The fourth-order valence-electron chi connectivity index (χ4n) is 1.88. The van der Waals surface area contributed by atoms with Gasteiger partial charge in [-0.2, -0.15) is 0 Å². The molecule has 0 atom stereocenters. The van der Waals surface area contributed by atoms with E-state index in [1.807, 2.05) is 24.3 Å². The number of thiophene rings is 1. The standard InChI is InChI=1S/C15H16Br2N2OS/c1-19(11-6-3-2-4-7-11)9-5-8-18-15(20)13-10-12(16)14(17)21-13/h2-4,6-7,10H,5,8-9H2,1H3,(H,18,20). The average molecular weight is 432 g/mol. The summed E-state index contributed by atoms with van der Waals surface area (Å²) in [6.45, 7) is 1.57. The van der Waals surface area contributed by atoms with Crippen LogP contribution in [0.1, 0.15) is 16.1 Å². The van der Waals surface area contributed by atoms with E-state index in [1.165, 1.54) is 17.0 Å². The maximum atomic E-state index is 12.0. The molecule has 0 radical (unpaired) electrons. The molecule has 0 saturated heterocycles. The second-order valence-electron chi connectivity index (χ2n) is 4.60. The van der Waals surface area contributed by atoms with Gasteiger partial charge in [0.25, 0.3) is 5.91 Å². The summed E-state index contributed by atoms with van der Waals surface area (Å²) in [5.41, 5.74) is 1.19. The topological polar surface area (TPSA) is 32.3 Å². The third kappa shape index (κ3) is 4.83. The summed E-state index contributed by atoms with van der Waals surface area (Å²) in [6, 6.07) is 12.1. The minimum absolute atomic E-state index is 0.0197. The van der Waals surface area contributed by atoms with Crippen molar-refractivity contribution in [2.24, 2.45) is 0 Å². The zero-order chi connectivity index (χ0) is 15.2. The van der Waals surface area contributed by atoms with Crippen molar-refractivity contribution in [1.82, 2.24) is 5.32 Å². The Hall–Kier alpha value is -0.850. The maximum Gasteiger partial charge on any atom is 0.261 e. The van der Waals surface area contributed by atoms with Crippen LogP contribution in [0, 0.1) is 0 Å². The third-order valence-electron chi connectivity index (χ3n) is 3.02. The first kappa shape index (κ1) is 16.5. The first-order valence-corrected chi connectivity index (χ1v) is 8.97. The monoisotopic (exact) mass is 430 g/mol. The molecular weight excluding hydrogens is 416 g/mol. The normalized spacial score (nSPS) is 10.4. The minimum atomic E-state index is -0.0197. The molecule has 21 heavy (non-hydrogen) atoms. The van der Waals surface area contributed by atoms with Gasteiger partial charge >= 0.3 is 0 Å². The summed E-state index contributed by atoms with van der Waals surface area (Å²) >= 11 is 8.22. The van der Waals surface area contributed by atoms with Crippen LogP contribution in [0.25, 0.3) is 0 Å². The zero-order valence-electron chi connectivity index (χ0n) is 11.6. The van der Waals surface area contributed by atoms with Crippen molar-refractivity contribution in [3.8, 4) is 0 Å². The van der Waals surface area contributed by atoms with Crippen molar-refractivity contribution >= 4 is 54.8 Å². The lowest BCUT2D eigenvalue weighted by Crippen LogP contribution is -2.27. The molecule has 112 valence electrons. The molecule has 1 amide bonds. The third-order valence-corrected chi connectivity index (χ3v) is 6.28. The molecule has 1 aromatic heterocycles. The highest BCUT2D eigenvalue weighted by Crippen LogP contribution is 2.32. The Labute approximate surface area is 145 Å². The average Bonchev–Trinajstić information content (AvgIpc) is 2.84. The maximum absolute atomic E-state index is 12.0. The van der Waals surface area contributed by atoms with E-state index in [0.29, 0.717) is 11.4 Å². The van der Waals surface area contributed by atoms with Crippen LogP contribution < -0.4 is 10.2 Å². The fraction of sp³-hybridized carbons (Fsp3) is 0.267. The van der Waals surface area contributed by atoms with E-state index in [2.05, 4.69) is 61.3 Å². The van der Waals surface area contributed by atoms with Crippen molar-refractivity contribution in [1.29, 1.82) is 0 Å². The van der Waals surface area contributed by atoms with Crippen LogP contribution in [0.15, 0.2) is 44.7 Å². The van der Waals surface area contributed by atoms with Gasteiger partial charge in [0.1, 0.15) is 0 Å². The molecule has 0 aliphatic rings. The second-order valence-corrected chi connectivity index (χ2v) is 7.82. The summed E-state index contributed by atoms with van der Waals surface area (Å²) in [5.74, 6) is -0.0197. The Bertz CT molecular complexity index is 581. The number of carbonyl (C=O) groups excluding carboxylic acids is 1. The number of carbonyl (C=O) groups is 1. The molecule has 0 bridgehead atoms. The minimum Gasteiger partial charge on any atom is -0.375 e. The van der Waals surface area contributed by atoms with Crippen LogP contribution in [0.2, 0.25) is 0 Å². The van der Waals surface area contributed by atoms with Gasteiger partial charge in [-0.05, 0) is 56.5 Å². The predicted octanol–water partition coefficient (Wildman–Crippen LogP) is 4.53. The lowest BCUT2D eigenvalue weighted by atomic mass is 10.3. The van der Waals surface area contributed by atoms with Gasteiger partial charge in [0.05, 0.1) is 8.66 Å². The Kier molecular flexibility index (Phi) is 6.26. The number of halogens is 2. The van der Waals surface area contributed by atoms with Crippen molar-refractivity contribution in [3.63, 3.8) is 0 Å². The van der Waals surface area contributed by atoms with Crippen LogP contribution in [0.3, 0.4) is 0 Å². The molecule has 0 fully saturated rings. The molecule has 0 spiro atoms. The molecule has 2 rings (SSSR count). The lowest BCUT2D eigenvalue weighted by Gasteiger charge is -2.19. The summed E-state index contributed by atoms with van der Waals surface area (Å²) in [7, 11) is 2.06. The predicted molar refractivity (Wildman–Crippen MR) is 96.4 cm³/mol. The number of benzene rings is 1. The van der Waals surface area contributed by atoms with Gasteiger partial charge in [-0.1, -0.05) is 18.2 Å². The van der Waals surface area contributed by atoms with Crippen molar-refractivity contribution < 1.29 is 4.79 Å². The summed E-state index contributed by atoms with van der Waals surface area (Å²) < 4.78 is 1.86. The number of para-hydroxylation sites is 1. The van der Waals surface area contributed by atoms with E-state index in [4.69, 9.17) is 0 Å². The quantitative estimate of drug-likeness (QED) is 0.681. The lowest BCUT2D eigenvalue weighted by molar-refractivity contribution is 0.0957. The number of hydrogen-bond acceptors (Lipinski definition) is 3. The molecule has 0 unspecified atom stereocenters. The SMILES string of the molecule is CN(CCCNC(=O)c1cc(Br)c(Br)s1)c1ccccc1. The highest BCUT2D eigenvalue weighted by atomic mass is 79.9. The van der Waals surface area contributed by atoms with Crippen molar-refractivity contribution in [2.45, 2.75) is 6.42 Å². The number of rotatable bonds is 6. The van der Waals surface area contributed by atoms with Gasteiger partial charge in [-0.3, -0.25) is 4.79 Å². The number of hydrogen-bond donors (Lipinski definition) is 1. The van der Waals surface area contributed by atoms with Crippen LogP contribution in [0.5, 0.6) is 0 Å². The van der Waals surface area contributed by atoms with Gasteiger partial charge in [0, 0.05) is 30.3 Å². The molecule has 2 aromatic rings. The van der Waals surface area contributed by atoms with Crippen molar-refractivity contribution in [3.05, 3.63) is 49.5 Å². The van der Waals surface area contributed by atoms with Crippen LogP contribution >= 0.6 is 43.2 Å². The summed E-state index contributed by atoms with van der Waals surface area (Å²) in [5, 5.41) is 2.95. The summed E-state index contributed by atoms with van der Waals surface area (Å²) in [6.07, 6.45) is 0.908. The van der Waals surface area contributed by atoms with E-state index in [0.717, 1.165) is 21.2 Å². The molecule has 0 aliphatic heterocycles. The van der Waals surface area contributed by atoms with Gasteiger partial charge in [0.15, 0.2) is 0 Å². The molecule has 0 saturated carbocycles. The smallest absolute Gasteiger partial charge is 0.261 e. The van der Waals surface area contributed by atoms with E-state index < -0.39 is 0 Å². The number of anilines is 1. The fourth-order valence-corrected chi connectivity index (χ4v) is 3.83. The molecule has 3 nitrogen and oxygen atoms in total. The van der Waals surface area contributed by atoms with Gasteiger partial charge in [-0.25, -0.2) is 0 Å². The number of nitrogens with zero attached hydrogens (tertiary/aromatic N) is 1. The van der Waals surface area contributed by atoms with Crippen molar-refractivity contribution in [2.75, 3.05) is 25.0 Å². The largest absolute Gasteiger partial charge is 0.375 e. The molecule has 6 heteroatoms. The van der Waals surface area contributed by atoms with Crippen LogP contribution in [0.4, 0.5) is 5.69 Å². The first-order valence-electron chi connectivity index (χ1n) is 6.57. The van der Waals surface area contributed by atoms with Crippen LogP contribution in [-0.4, -0.2) is 26.0 Å². The van der Waals surface area contributed by atoms with Gasteiger partial charge in [-0.15, -0.1) is 11.3 Å². The van der Waals surface area contributed by atoms with Gasteiger partial charge < -0.3 is 10.2 Å². The van der Waals surface area contributed by atoms with E-state index in [9.17, 15) is 4.79 Å². The first-order chi connectivity index (χ1) is 10.1. The highest BCUT2D eigenvalue weighted by Gasteiger charge is 2.11. The molecule has 1 heterocycles. The van der Waals surface area contributed by atoms with E-state index in [-0.39, 0.29) is 5.91 Å².